The molecule has 0 N–H and O–H groups in total. The Bertz CT molecular complexity index is 3540. The first kappa shape index (κ1) is 9.61. The summed E-state index contributed by atoms with van der Waals surface area (Å²) in [6.07, 6.45) is 0. The van der Waals surface area contributed by atoms with Crippen molar-refractivity contribution in [3.63, 3.8) is 0 Å². The average molecular weight is 544 g/mol. The van der Waals surface area contributed by atoms with Crippen molar-refractivity contribution in [3.8, 4) is 44.9 Å². The Morgan fingerprint density at radius 2 is 1.05 bits per heavy atom. The van der Waals surface area contributed by atoms with Gasteiger partial charge in [0, 0.05) is 10.9 Å². The lowest BCUT2D eigenvalue weighted by Gasteiger charge is -2.24. The Labute approximate surface area is 270 Å². The van der Waals surface area contributed by atoms with Crippen LogP contribution in [0.1, 0.15) is 31.5 Å². The highest BCUT2D eigenvalue weighted by Crippen LogP contribution is 2.51. The van der Waals surface area contributed by atoms with Crippen molar-refractivity contribution in [2.24, 2.45) is 0 Å². The molecule has 190 valence electrons. The van der Waals surface area contributed by atoms with Crippen LogP contribution in [0.15, 0.2) is 145 Å². The van der Waals surface area contributed by atoms with Crippen LogP contribution in [0, 0.1) is 0 Å². The minimum Gasteiger partial charge on any atom is -0.456 e. The highest BCUT2D eigenvalue weighted by molar-refractivity contribution is 6.24. The van der Waals surface area contributed by atoms with Gasteiger partial charge in [-0.15, -0.1) is 0 Å². The van der Waals surface area contributed by atoms with Gasteiger partial charge in [0.1, 0.15) is 11.5 Å². The fourth-order valence-electron chi connectivity index (χ4n) is 5.28. The van der Waals surface area contributed by atoms with Crippen LogP contribution in [0.2, 0.25) is 0 Å². The molecule has 1 aliphatic rings. The van der Waals surface area contributed by atoms with Crippen molar-refractivity contribution in [3.05, 3.63) is 145 Å². The van der Waals surface area contributed by atoms with Gasteiger partial charge in [0.15, 0.2) is 0 Å². The monoisotopic (exact) mass is 543 g/mol. The molecule has 1 heterocycles. The molecule has 0 atom stereocenters. The number of para-hydroxylation sites is 1. The second-order valence-electron chi connectivity index (χ2n) is 9.09. The number of fused-ring (bicyclic) bond motifs is 5. The number of hydrogen-bond donors (Lipinski definition) is 0. The zero-order valence-electron chi connectivity index (χ0n) is 43.5. The molecule has 0 amide bonds. The molecule has 0 radical (unpaired) electrons. The van der Waals surface area contributed by atoms with Crippen molar-refractivity contribution < 1.29 is 36.3 Å². The van der Waals surface area contributed by atoms with E-state index in [2.05, 4.69) is 0 Å². The summed E-state index contributed by atoms with van der Waals surface area (Å²) >= 11 is 0. The van der Waals surface area contributed by atoms with Crippen LogP contribution < -0.4 is 4.74 Å². The molecule has 9 rings (SSSR count). The van der Waals surface area contributed by atoms with Crippen molar-refractivity contribution >= 4 is 43.1 Å². The molecule has 0 unspecified atom stereocenters. The fourth-order valence-corrected chi connectivity index (χ4v) is 5.28. The standard InChI is InChI=1S/C40H24O/c1-2-11-26-24-27(21-20-25(26)10-1)38-30-13-3-5-15-32(30)39(33-16-6-4-14-31(33)38)35-22-23-37-40-29(17-9-18-34(35)40)28-12-7-8-19-36(28)41-37/h1-24H/i1D,2D,3D,4D,5D,6D,7D,8D,9D,10D,11D,12D,13D,14D,15D,16D,17D,19D,20D,21D,22D,23D,24D. The van der Waals surface area contributed by atoms with E-state index in [9.17, 15) is 11.0 Å². The van der Waals surface area contributed by atoms with Crippen LogP contribution in [0.25, 0.3) is 76.5 Å². The zero-order chi connectivity index (χ0) is 46.9. The van der Waals surface area contributed by atoms with Crippen LogP contribution in [-0.2, 0) is 0 Å². The number of hydrogen-bond acceptors (Lipinski definition) is 1. The van der Waals surface area contributed by atoms with Crippen LogP contribution in [0.3, 0.4) is 0 Å². The minimum atomic E-state index is -0.910. The third-order valence-corrected chi connectivity index (χ3v) is 6.96. The van der Waals surface area contributed by atoms with Gasteiger partial charge in [-0.2, -0.15) is 0 Å². The van der Waals surface area contributed by atoms with Gasteiger partial charge in [0.2, 0.25) is 0 Å². The Kier molecular flexibility index (Phi) is 2.00. The van der Waals surface area contributed by atoms with E-state index in [-0.39, 0.29) is 21.9 Å². The van der Waals surface area contributed by atoms with E-state index in [1.807, 2.05) is 0 Å². The Morgan fingerprint density at radius 3 is 1.83 bits per heavy atom. The second kappa shape index (κ2) is 8.55. The first-order valence-electron chi connectivity index (χ1n) is 23.7. The summed E-state index contributed by atoms with van der Waals surface area (Å²) in [6, 6.07) is -17.5. The number of benzene rings is 8. The molecule has 8 aromatic carbocycles. The Balaban J connectivity index is 1.63. The van der Waals surface area contributed by atoms with Crippen molar-refractivity contribution in [2.75, 3.05) is 0 Å². The maximum Gasteiger partial charge on any atom is 0.135 e. The summed E-state index contributed by atoms with van der Waals surface area (Å²) in [5.41, 5.74) is -3.03. The maximum absolute atomic E-state index is 9.54. The lowest BCUT2D eigenvalue weighted by Crippen LogP contribution is -1.98. The number of rotatable bonds is 2. The Hall–Kier alpha value is -5.40. The molecule has 1 nitrogen and oxygen atoms in total. The largest absolute Gasteiger partial charge is 0.456 e. The topological polar surface area (TPSA) is 9.23 Å². The molecule has 0 aromatic heterocycles. The average Bonchev–Trinajstić information content (AvgIpc) is 3.26. The lowest BCUT2D eigenvalue weighted by molar-refractivity contribution is 0.487. The summed E-state index contributed by atoms with van der Waals surface area (Å²) in [7, 11) is 0. The van der Waals surface area contributed by atoms with E-state index < -0.39 is 205 Å². The third-order valence-electron chi connectivity index (χ3n) is 6.96. The summed E-state index contributed by atoms with van der Waals surface area (Å²) in [6.45, 7) is 0. The van der Waals surface area contributed by atoms with Crippen molar-refractivity contribution in [1.29, 1.82) is 0 Å². The molecule has 1 heteroatoms. The fraction of sp³-hybridized carbons (Fsp3) is 0. The van der Waals surface area contributed by atoms with Gasteiger partial charge >= 0.3 is 0 Å². The number of ether oxygens (including phenoxy) is 1. The molecule has 0 fully saturated rings. The molecule has 41 heavy (non-hydrogen) atoms. The Morgan fingerprint density at radius 1 is 0.415 bits per heavy atom. The lowest BCUT2D eigenvalue weighted by atomic mass is 9.83. The van der Waals surface area contributed by atoms with E-state index in [0.29, 0.717) is 0 Å². The van der Waals surface area contributed by atoms with Crippen LogP contribution in [0.4, 0.5) is 0 Å². The van der Waals surface area contributed by atoms with E-state index in [4.69, 9.17) is 25.3 Å². The van der Waals surface area contributed by atoms with Crippen LogP contribution in [-0.4, -0.2) is 0 Å². The molecule has 8 aromatic rings. The van der Waals surface area contributed by atoms with Crippen molar-refractivity contribution in [1.82, 2.24) is 0 Å². The van der Waals surface area contributed by atoms with Crippen LogP contribution in [0.5, 0.6) is 11.5 Å². The molecule has 0 saturated carbocycles. The normalized spacial score (nSPS) is 20.0. The maximum atomic E-state index is 9.54. The van der Waals surface area contributed by atoms with Gasteiger partial charge in [0.25, 0.3) is 0 Å². The molecular weight excluding hydrogens is 496 g/mol. The third kappa shape index (κ3) is 3.24. The first-order chi connectivity index (χ1) is 29.9. The second-order valence-corrected chi connectivity index (χ2v) is 9.09. The van der Waals surface area contributed by atoms with E-state index in [0.717, 1.165) is 6.07 Å². The summed E-state index contributed by atoms with van der Waals surface area (Å²) in [5, 5.41) is -4.03. The SMILES string of the molecule is [2H]c1cc2c(-c3c4c([2H])c([2H])c([2H])c([2H])c4c(-c4c([2H])c([2H])c5c([2H])c([2H])c([2H])c([2H])c5c4[2H])c4c([2H])c([2H])c([2H])c([2H])c34)c([2H])c([2H])c3c2c(c1[2H])-c1c([2H])c([2H])c([2H])c([2H])c1O3. The van der Waals surface area contributed by atoms with Crippen molar-refractivity contribution in [2.45, 2.75) is 0 Å². The van der Waals surface area contributed by atoms with E-state index in [1.54, 1.807) is 0 Å². The van der Waals surface area contributed by atoms with Gasteiger partial charge in [-0.05, 0) is 89.7 Å². The highest BCUT2D eigenvalue weighted by Gasteiger charge is 2.23. The molecule has 0 spiro atoms. The highest BCUT2D eigenvalue weighted by atomic mass is 16.5. The first-order valence-corrected chi connectivity index (χ1v) is 12.2. The molecule has 0 bridgehead atoms. The molecule has 1 aliphatic heterocycles. The van der Waals surface area contributed by atoms with E-state index >= 15 is 0 Å². The predicted octanol–water partition coefficient (Wildman–Crippen LogP) is 11.4. The quantitative estimate of drug-likeness (QED) is 0.197. The summed E-state index contributed by atoms with van der Waals surface area (Å²) < 4.78 is 211. The zero-order valence-corrected chi connectivity index (χ0v) is 20.5. The summed E-state index contributed by atoms with van der Waals surface area (Å²) in [4.78, 5) is 0. The molecule has 0 aliphatic carbocycles. The predicted molar refractivity (Wildman–Crippen MR) is 173 cm³/mol. The van der Waals surface area contributed by atoms with Gasteiger partial charge < -0.3 is 4.74 Å². The molecule has 0 saturated heterocycles. The smallest absolute Gasteiger partial charge is 0.135 e. The summed E-state index contributed by atoms with van der Waals surface area (Å²) in [5.74, 6) is -0.991. The van der Waals surface area contributed by atoms with Crippen LogP contribution >= 0.6 is 0 Å². The minimum absolute atomic E-state index is 0.244. The van der Waals surface area contributed by atoms with Gasteiger partial charge in [-0.1, -0.05) is 121 Å². The van der Waals surface area contributed by atoms with Gasteiger partial charge in [-0.3, -0.25) is 0 Å². The van der Waals surface area contributed by atoms with Gasteiger partial charge in [-0.25, -0.2) is 0 Å². The van der Waals surface area contributed by atoms with Gasteiger partial charge in [0.05, 0.1) is 31.5 Å². The molecular formula is C40H24O. The van der Waals surface area contributed by atoms with E-state index in [1.165, 1.54) is 0 Å².